The van der Waals surface area contributed by atoms with Crippen molar-refractivity contribution in [2.24, 2.45) is 0 Å². The highest BCUT2D eigenvalue weighted by atomic mass is 32.2. The molecule has 0 fully saturated rings. The number of imidazole rings is 1. The lowest BCUT2D eigenvalue weighted by molar-refractivity contribution is 0.470. The van der Waals surface area contributed by atoms with Crippen molar-refractivity contribution in [3.63, 3.8) is 0 Å². The molecule has 0 radical (unpaired) electrons. The Morgan fingerprint density at radius 2 is 1.88 bits per heavy atom. The van der Waals surface area contributed by atoms with E-state index in [0.717, 1.165) is 24.4 Å². The minimum Gasteiger partial charge on any atom is -0.424 e. The Balaban J connectivity index is 1.65. The number of hydrogen-bond donors (Lipinski definition) is 0. The van der Waals surface area contributed by atoms with Crippen molar-refractivity contribution in [3.8, 4) is 5.69 Å². The van der Waals surface area contributed by atoms with Gasteiger partial charge in [0.2, 0.25) is 11.8 Å². The molecule has 1 aliphatic carbocycles. The van der Waals surface area contributed by atoms with Crippen molar-refractivity contribution < 1.29 is 4.42 Å². The number of benzene rings is 1. The summed E-state index contributed by atoms with van der Waals surface area (Å²) >= 11 is 1.67. The Morgan fingerprint density at radius 3 is 2.67 bits per heavy atom. The van der Waals surface area contributed by atoms with E-state index in [-0.39, 0.29) is 0 Å². The first-order chi connectivity index (χ1) is 11.8. The second-order valence-corrected chi connectivity index (χ2v) is 6.84. The largest absolute Gasteiger partial charge is 0.424 e. The molecule has 2 aromatic heterocycles. The van der Waals surface area contributed by atoms with E-state index in [1.807, 2.05) is 13.0 Å². The molecule has 0 aliphatic heterocycles. The van der Waals surface area contributed by atoms with E-state index in [1.165, 1.54) is 29.9 Å². The molecule has 24 heavy (non-hydrogen) atoms. The fourth-order valence-corrected chi connectivity index (χ4v) is 3.96. The monoisotopic (exact) mass is 340 g/mol. The Morgan fingerprint density at radius 1 is 1.08 bits per heavy atom. The van der Waals surface area contributed by atoms with Gasteiger partial charge in [-0.15, -0.1) is 10.2 Å². The number of rotatable bonds is 5. The van der Waals surface area contributed by atoms with Crippen LogP contribution in [0.4, 0.5) is 0 Å². The van der Waals surface area contributed by atoms with Crippen molar-refractivity contribution in [1.82, 2.24) is 19.7 Å². The van der Waals surface area contributed by atoms with Crippen molar-refractivity contribution in [2.45, 2.75) is 49.9 Å². The molecule has 4 rings (SSSR count). The zero-order valence-electron chi connectivity index (χ0n) is 13.7. The Bertz CT molecular complexity index is 825. The van der Waals surface area contributed by atoms with E-state index >= 15 is 0 Å². The number of aromatic nitrogens is 4. The molecular formula is C18H20N4OS. The molecule has 0 N–H and O–H groups in total. The van der Waals surface area contributed by atoms with Crippen LogP contribution in [0, 0.1) is 0 Å². The third-order valence-electron chi connectivity index (χ3n) is 4.25. The lowest BCUT2D eigenvalue weighted by Gasteiger charge is -2.15. The van der Waals surface area contributed by atoms with Gasteiger partial charge in [-0.05, 0) is 37.8 Å². The first kappa shape index (κ1) is 15.4. The van der Waals surface area contributed by atoms with Gasteiger partial charge in [0.15, 0.2) is 5.16 Å². The van der Waals surface area contributed by atoms with Crippen LogP contribution >= 0.6 is 11.8 Å². The summed E-state index contributed by atoms with van der Waals surface area (Å²) in [7, 11) is 0. The number of aryl methyl sites for hydroxylation is 2. The molecule has 6 heteroatoms. The lowest BCUT2D eigenvalue weighted by atomic mass is 10.0. The number of para-hydroxylation sites is 1. The Labute approximate surface area is 145 Å². The highest BCUT2D eigenvalue weighted by Gasteiger charge is 2.21. The minimum atomic E-state index is 0.649. The van der Waals surface area contributed by atoms with Crippen molar-refractivity contribution >= 4 is 11.8 Å². The van der Waals surface area contributed by atoms with Crippen molar-refractivity contribution in [2.75, 3.05) is 0 Å². The molecule has 0 unspecified atom stereocenters. The molecule has 3 aromatic rings. The lowest BCUT2D eigenvalue weighted by Crippen LogP contribution is -2.07. The second-order valence-electron chi connectivity index (χ2n) is 5.90. The zero-order chi connectivity index (χ0) is 16.4. The fourth-order valence-electron chi connectivity index (χ4n) is 3.07. The van der Waals surface area contributed by atoms with Gasteiger partial charge in [-0.1, -0.05) is 36.9 Å². The van der Waals surface area contributed by atoms with Crippen LogP contribution in [0.3, 0.4) is 0 Å². The predicted molar refractivity (Wildman–Crippen MR) is 93.4 cm³/mol. The van der Waals surface area contributed by atoms with Crippen LogP contribution in [0.2, 0.25) is 0 Å². The molecule has 0 saturated carbocycles. The van der Waals surface area contributed by atoms with Crippen LogP contribution in [0.1, 0.15) is 42.9 Å². The van der Waals surface area contributed by atoms with Crippen LogP contribution in [0.25, 0.3) is 5.69 Å². The maximum Gasteiger partial charge on any atom is 0.226 e. The van der Waals surface area contributed by atoms with Gasteiger partial charge in [-0.2, -0.15) is 0 Å². The zero-order valence-corrected chi connectivity index (χ0v) is 14.6. The Kier molecular flexibility index (Phi) is 4.38. The van der Waals surface area contributed by atoms with Gasteiger partial charge in [0.25, 0.3) is 0 Å². The molecule has 0 saturated heterocycles. The topological polar surface area (TPSA) is 56.7 Å². The Hall–Kier alpha value is -2.08. The highest BCUT2D eigenvalue weighted by molar-refractivity contribution is 7.98. The molecular weight excluding hydrogens is 320 g/mol. The van der Waals surface area contributed by atoms with Gasteiger partial charge in [0.05, 0.1) is 11.4 Å². The predicted octanol–water partition coefficient (Wildman–Crippen LogP) is 3.99. The minimum absolute atomic E-state index is 0.649. The fraction of sp³-hybridized carbons (Fsp3) is 0.389. The summed E-state index contributed by atoms with van der Waals surface area (Å²) in [5.74, 6) is 2.00. The molecule has 5 nitrogen and oxygen atoms in total. The van der Waals surface area contributed by atoms with E-state index < -0.39 is 0 Å². The molecule has 0 spiro atoms. The smallest absolute Gasteiger partial charge is 0.226 e. The SMILES string of the molecule is CCc1nnc(CSc2nc3c(n2-c2ccccc2)CCCC3)o1. The highest BCUT2D eigenvalue weighted by Crippen LogP contribution is 2.31. The number of hydrogen-bond acceptors (Lipinski definition) is 5. The number of thioether (sulfide) groups is 1. The van der Waals surface area contributed by atoms with Crippen LogP contribution in [0.5, 0.6) is 0 Å². The molecule has 0 amide bonds. The molecule has 1 aromatic carbocycles. The molecule has 124 valence electrons. The summed E-state index contributed by atoms with van der Waals surface area (Å²) in [4.78, 5) is 4.91. The van der Waals surface area contributed by atoms with Crippen LogP contribution < -0.4 is 0 Å². The molecule has 1 aliphatic rings. The maximum atomic E-state index is 5.62. The number of nitrogens with zero attached hydrogens (tertiary/aromatic N) is 4. The average molecular weight is 340 g/mol. The molecule has 0 bridgehead atoms. The second kappa shape index (κ2) is 6.81. The van der Waals surface area contributed by atoms with Gasteiger partial charge in [0, 0.05) is 17.8 Å². The van der Waals surface area contributed by atoms with Gasteiger partial charge in [-0.25, -0.2) is 4.98 Å². The summed E-state index contributed by atoms with van der Waals surface area (Å²) in [6, 6.07) is 10.5. The van der Waals surface area contributed by atoms with Crippen molar-refractivity contribution in [3.05, 3.63) is 53.5 Å². The summed E-state index contributed by atoms with van der Waals surface area (Å²) in [6.07, 6.45) is 5.40. The van der Waals surface area contributed by atoms with E-state index in [4.69, 9.17) is 9.40 Å². The summed E-state index contributed by atoms with van der Waals surface area (Å²) in [5.41, 5.74) is 3.78. The van der Waals surface area contributed by atoms with Crippen LogP contribution in [-0.2, 0) is 25.0 Å². The van der Waals surface area contributed by atoms with E-state index in [9.17, 15) is 0 Å². The van der Waals surface area contributed by atoms with Gasteiger partial charge < -0.3 is 4.42 Å². The quantitative estimate of drug-likeness (QED) is 0.657. The van der Waals surface area contributed by atoms with Crippen LogP contribution in [0.15, 0.2) is 39.9 Å². The molecule has 0 atom stereocenters. The third kappa shape index (κ3) is 2.98. The standard InChI is InChI=1S/C18H20N4OS/c1-2-16-20-21-17(23-16)12-24-18-19-14-10-6-7-11-15(14)22(18)13-8-4-3-5-9-13/h3-5,8-9H,2,6-7,10-12H2,1H3. The summed E-state index contributed by atoms with van der Waals surface area (Å²) in [6.45, 7) is 2.01. The van der Waals surface area contributed by atoms with E-state index in [2.05, 4.69) is 39.0 Å². The van der Waals surface area contributed by atoms with Crippen molar-refractivity contribution in [1.29, 1.82) is 0 Å². The summed E-state index contributed by atoms with van der Waals surface area (Å²) in [5, 5.41) is 9.17. The van der Waals surface area contributed by atoms with Gasteiger partial charge in [-0.3, -0.25) is 4.57 Å². The van der Waals surface area contributed by atoms with Gasteiger partial charge >= 0.3 is 0 Å². The first-order valence-corrected chi connectivity index (χ1v) is 9.43. The third-order valence-corrected chi connectivity index (χ3v) is 5.18. The molecule has 2 heterocycles. The van der Waals surface area contributed by atoms with E-state index in [0.29, 0.717) is 17.5 Å². The number of fused-ring (bicyclic) bond motifs is 1. The normalized spacial score (nSPS) is 13.9. The maximum absolute atomic E-state index is 5.62. The van der Waals surface area contributed by atoms with Gasteiger partial charge in [0.1, 0.15) is 0 Å². The first-order valence-electron chi connectivity index (χ1n) is 8.45. The van der Waals surface area contributed by atoms with E-state index in [1.54, 1.807) is 11.8 Å². The van der Waals surface area contributed by atoms with Crippen LogP contribution in [-0.4, -0.2) is 19.7 Å². The average Bonchev–Trinajstić information content (AvgIpc) is 3.24. The summed E-state index contributed by atoms with van der Waals surface area (Å²) < 4.78 is 7.92.